The Morgan fingerprint density at radius 1 is 1.10 bits per heavy atom. The zero-order valence-electron chi connectivity index (χ0n) is 19.1. The van der Waals surface area contributed by atoms with Gasteiger partial charge in [0.25, 0.3) is 11.9 Å². The van der Waals surface area contributed by atoms with Crippen LogP contribution in [0.5, 0.6) is 11.7 Å². The van der Waals surface area contributed by atoms with Gasteiger partial charge in [-0.1, -0.05) is 38.1 Å². The predicted octanol–water partition coefficient (Wildman–Crippen LogP) is 6.07. The lowest BCUT2D eigenvalue weighted by Gasteiger charge is -2.23. The molecule has 1 amide bonds. The summed E-state index contributed by atoms with van der Waals surface area (Å²) in [6.07, 6.45) is 0. The van der Waals surface area contributed by atoms with Crippen molar-refractivity contribution >= 4 is 11.6 Å². The summed E-state index contributed by atoms with van der Waals surface area (Å²) in [5.74, 6) is 1.45. The lowest BCUT2D eigenvalue weighted by atomic mass is 10.0. The molecule has 0 aliphatic heterocycles. The van der Waals surface area contributed by atoms with Crippen molar-refractivity contribution in [2.24, 2.45) is 0 Å². The Labute approximate surface area is 185 Å². The lowest BCUT2D eigenvalue weighted by molar-refractivity contribution is 0.0922. The molecule has 0 bridgehead atoms. The molecule has 164 valence electrons. The molecule has 0 atom stereocenters. The quantitative estimate of drug-likeness (QED) is 0.457. The molecule has 1 aromatic heterocycles. The number of rotatable bonds is 9. The summed E-state index contributed by atoms with van der Waals surface area (Å²) in [6.45, 7) is 12.6. The van der Waals surface area contributed by atoms with Crippen molar-refractivity contribution in [1.29, 1.82) is 0 Å². The minimum atomic E-state index is -0.247. The zero-order valence-corrected chi connectivity index (χ0v) is 19.1. The topological polar surface area (TPSA) is 54.7 Å². The summed E-state index contributed by atoms with van der Waals surface area (Å²) in [4.78, 5) is 14.7. The summed E-state index contributed by atoms with van der Waals surface area (Å²) in [6, 6.07) is 17.9. The largest absolute Gasteiger partial charge is 0.426 e. The molecule has 3 rings (SSSR count). The molecule has 31 heavy (non-hydrogen) atoms. The number of aryl methyl sites for hydroxylation is 2. The number of amides is 1. The minimum Gasteiger partial charge on any atom is -0.426 e. The van der Waals surface area contributed by atoms with Crippen molar-refractivity contribution in [2.45, 2.75) is 40.5 Å². The second-order valence-corrected chi connectivity index (χ2v) is 8.07. The van der Waals surface area contributed by atoms with Crippen LogP contribution in [-0.4, -0.2) is 25.5 Å². The number of benzene rings is 2. The molecule has 5 nitrogen and oxygen atoms in total. The lowest BCUT2D eigenvalue weighted by Crippen LogP contribution is -2.34. The normalized spacial score (nSPS) is 10.9. The van der Waals surface area contributed by atoms with E-state index in [4.69, 9.17) is 9.15 Å². The highest BCUT2D eigenvalue weighted by atomic mass is 16.6. The van der Waals surface area contributed by atoms with Crippen LogP contribution in [-0.2, 0) is 0 Å². The summed E-state index contributed by atoms with van der Waals surface area (Å²) < 4.78 is 11.5. The monoisotopic (exact) mass is 420 g/mol. The van der Waals surface area contributed by atoms with E-state index in [1.165, 1.54) is 11.1 Å². The molecule has 3 aromatic rings. The number of furan rings is 1. The number of carbonyl (C=O) groups is 1. The van der Waals surface area contributed by atoms with Crippen LogP contribution in [0.4, 0.5) is 5.69 Å². The highest BCUT2D eigenvalue weighted by Gasteiger charge is 2.14. The summed E-state index contributed by atoms with van der Waals surface area (Å²) in [5.41, 5.74) is 4.59. The van der Waals surface area contributed by atoms with Crippen LogP contribution in [0, 0.1) is 13.8 Å². The summed E-state index contributed by atoms with van der Waals surface area (Å²) >= 11 is 0. The van der Waals surface area contributed by atoms with Crippen LogP contribution in [0.25, 0.3) is 0 Å². The first-order valence-electron chi connectivity index (χ1n) is 10.9. The number of anilines is 1. The van der Waals surface area contributed by atoms with Crippen molar-refractivity contribution in [3.05, 3.63) is 77.0 Å². The maximum atomic E-state index is 12.5. The van der Waals surface area contributed by atoms with Gasteiger partial charge in [-0.15, -0.1) is 0 Å². The van der Waals surface area contributed by atoms with Gasteiger partial charge < -0.3 is 19.4 Å². The molecule has 1 N–H and O–H groups in total. The summed E-state index contributed by atoms with van der Waals surface area (Å²) in [5, 5.41) is 2.93. The third-order valence-corrected chi connectivity index (χ3v) is 5.31. The summed E-state index contributed by atoms with van der Waals surface area (Å²) in [7, 11) is 0. The van der Waals surface area contributed by atoms with E-state index < -0.39 is 0 Å². The second kappa shape index (κ2) is 10.2. The first kappa shape index (κ1) is 22.5. The van der Waals surface area contributed by atoms with E-state index in [1.54, 1.807) is 12.1 Å². The molecule has 0 aliphatic carbocycles. The maximum absolute atomic E-state index is 12.5. The second-order valence-electron chi connectivity index (χ2n) is 8.07. The van der Waals surface area contributed by atoms with E-state index in [0.29, 0.717) is 18.4 Å². The molecule has 0 spiro atoms. The maximum Gasteiger partial charge on any atom is 0.290 e. The fraction of sp³-hybridized carbons (Fsp3) is 0.346. The van der Waals surface area contributed by atoms with Crippen LogP contribution < -0.4 is 15.0 Å². The molecule has 2 aromatic carbocycles. The average Bonchev–Trinajstić information content (AvgIpc) is 3.21. The number of nitrogens with zero attached hydrogens (tertiary/aromatic N) is 1. The van der Waals surface area contributed by atoms with Crippen molar-refractivity contribution in [2.75, 3.05) is 24.5 Å². The van der Waals surface area contributed by atoms with E-state index in [0.717, 1.165) is 30.1 Å². The Bertz CT molecular complexity index is 1020. The third kappa shape index (κ3) is 5.91. The molecule has 0 saturated carbocycles. The molecule has 0 aliphatic rings. The van der Waals surface area contributed by atoms with E-state index >= 15 is 0 Å². The fourth-order valence-corrected chi connectivity index (χ4v) is 3.38. The van der Waals surface area contributed by atoms with Gasteiger partial charge >= 0.3 is 0 Å². The smallest absolute Gasteiger partial charge is 0.290 e. The predicted molar refractivity (Wildman–Crippen MR) is 125 cm³/mol. The third-order valence-electron chi connectivity index (χ3n) is 5.31. The number of ether oxygens (including phenoxy) is 1. The molecule has 0 saturated heterocycles. The first-order valence-corrected chi connectivity index (χ1v) is 10.9. The van der Waals surface area contributed by atoms with E-state index in [9.17, 15) is 4.79 Å². The van der Waals surface area contributed by atoms with Gasteiger partial charge in [-0.25, -0.2) is 0 Å². The Hall–Kier alpha value is -3.21. The SMILES string of the molecule is CCN(CCNC(=O)c1ccc(Oc2cc(C(C)C)ccc2C)o1)c1cccc(C)c1. The van der Waals surface area contributed by atoms with E-state index in [2.05, 4.69) is 68.2 Å². The minimum absolute atomic E-state index is 0.242. The molecular weight excluding hydrogens is 388 g/mol. The number of hydrogen-bond donors (Lipinski definition) is 1. The molecule has 0 radical (unpaired) electrons. The van der Waals surface area contributed by atoms with Crippen LogP contribution in [0.15, 0.2) is 59.0 Å². The van der Waals surface area contributed by atoms with Crippen molar-refractivity contribution in [3.63, 3.8) is 0 Å². The number of nitrogens with one attached hydrogen (secondary N) is 1. The number of carbonyl (C=O) groups excluding carboxylic acids is 1. The Balaban J connectivity index is 1.57. The number of hydrogen-bond acceptors (Lipinski definition) is 4. The Kier molecular flexibility index (Phi) is 7.40. The van der Waals surface area contributed by atoms with Gasteiger partial charge in [0, 0.05) is 31.4 Å². The fourth-order valence-electron chi connectivity index (χ4n) is 3.38. The van der Waals surface area contributed by atoms with Crippen LogP contribution >= 0.6 is 0 Å². The number of likely N-dealkylation sites (N-methyl/N-ethyl adjacent to an activating group) is 1. The Morgan fingerprint density at radius 3 is 2.61 bits per heavy atom. The van der Waals surface area contributed by atoms with Gasteiger partial charge in [0.2, 0.25) is 0 Å². The molecule has 5 heteroatoms. The van der Waals surface area contributed by atoms with Gasteiger partial charge in [-0.3, -0.25) is 4.79 Å². The average molecular weight is 421 g/mol. The molecular formula is C26H32N2O3. The van der Waals surface area contributed by atoms with Gasteiger partial charge in [0.1, 0.15) is 5.75 Å². The first-order chi connectivity index (χ1) is 14.9. The highest BCUT2D eigenvalue weighted by Crippen LogP contribution is 2.29. The van der Waals surface area contributed by atoms with Gasteiger partial charge in [0.15, 0.2) is 5.76 Å². The van der Waals surface area contributed by atoms with E-state index in [-0.39, 0.29) is 11.7 Å². The van der Waals surface area contributed by atoms with Crippen LogP contribution in [0.1, 0.15) is 53.9 Å². The van der Waals surface area contributed by atoms with Crippen LogP contribution in [0.2, 0.25) is 0 Å². The standard InChI is InChI=1S/C26H32N2O3/c1-6-28(22-9-7-8-19(4)16-22)15-14-27-26(29)23-12-13-25(30-23)31-24-17-21(18(2)3)11-10-20(24)5/h7-13,16-18H,6,14-15H2,1-5H3,(H,27,29). The molecule has 0 unspecified atom stereocenters. The zero-order chi connectivity index (χ0) is 22.4. The Morgan fingerprint density at radius 2 is 1.90 bits per heavy atom. The highest BCUT2D eigenvalue weighted by molar-refractivity contribution is 5.91. The van der Waals surface area contributed by atoms with E-state index in [1.807, 2.05) is 19.1 Å². The van der Waals surface area contributed by atoms with Gasteiger partial charge in [-0.05, 0) is 67.6 Å². The van der Waals surface area contributed by atoms with Crippen molar-refractivity contribution in [1.82, 2.24) is 5.32 Å². The molecule has 1 heterocycles. The molecule has 0 fully saturated rings. The van der Waals surface area contributed by atoms with Crippen molar-refractivity contribution < 1.29 is 13.9 Å². The van der Waals surface area contributed by atoms with Gasteiger partial charge in [0.05, 0.1) is 0 Å². The van der Waals surface area contributed by atoms with Crippen LogP contribution in [0.3, 0.4) is 0 Å². The van der Waals surface area contributed by atoms with Crippen molar-refractivity contribution in [3.8, 4) is 11.7 Å². The van der Waals surface area contributed by atoms with Gasteiger partial charge in [-0.2, -0.15) is 0 Å².